The molecule has 0 aromatic heterocycles. The maximum absolute atomic E-state index is 12.8. The normalized spacial score (nSPS) is 16.0. The fraction of sp³-hybridized carbons (Fsp3) is 0.391. The molecule has 0 atom stereocenters. The number of methoxy groups -OCH3 is 2. The van der Waals surface area contributed by atoms with Crippen molar-refractivity contribution in [3.63, 3.8) is 0 Å². The monoisotopic (exact) mass is 383 g/mol. The third-order valence-electron chi connectivity index (χ3n) is 5.10. The van der Waals surface area contributed by atoms with Crippen LogP contribution in [0.4, 0.5) is 0 Å². The Morgan fingerprint density at radius 3 is 1.82 bits per heavy atom. The van der Waals surface area contributed by atoms with E-state index in [-0.39, 0.29) is 5.92 Å². The van der Waals surface area contributed by atoms with Crippen LogP contribution < -0.4 is 0 Å². The van der Waals surface area contributed by atoms with Crippen molar-refractivity contribution in [1.82, 2.24) is 4.90 Å². The van der Waals surface area contributed by atoms with Gasteiger partial charge in [0.2, 0.25) is 0 Å². The van der Waals surface area contributed by atoms with Crippen molar-refractivity contribution in [2.75, 3.05) is 21.3 Å². The molecule has 1 aliphatic rings. The van der Waals surface area contributed by atoms with E-state index in [2.05, 4.69) is 19.9 Å². The van der Waals surface area contributed by atoms with Crippen molar-refractivity contribution >= 4 is 17.5 Å². The second-order valence-corrected chi connectivity index (χ2v) is 7.21. The van der Waals surface area contributed by atoms with E-state index in [1.165, 1.54) is 14.2 Å². The number of benzene rings is 1. The average molecular weight is 383 g/mol. The van der Waals surface area contributed by atoms with Crippen molar-refractivity contribution in [2.45, 2.75) is 27.7 Å². The number of ether oxygens (including phenoxy) is 2. The van der Waals surface area contributed by atoms with E-state index < -0.39 is 17.9 Å². The number of hydrogen-bond acceptors (Lipinski definition) is 5. The van der Waals surface area contributed by atoms with Crippen LogP contribution in [0.1, 0.15) is 33.3 Å². The summed E-state index contributed by atoms with van der Waals surface area (Å²) in [6, 6.07) is 9.81. The summed E-state index contributed by atoms with van der Waals surface area (Å²) in [5.74, 6) is -1.25. The number of esters is 2. The van der Waals surface area contributed by atoms with Gasteiger partial charge in [-0.15, -0.1) is 0 Å². The summed E-state index contributed by atoms with van der Waals surface area (Å²) in [5, 5.41) is 0. The quantitative estimate of drug-likeness (QED) is 0.714. The predicted molar refractivity (Wildman–Crippen MR) is 110 cm³/mol. The summed E-state index contributed by atoms with van der Waals surface area (Å²) in [6.07, 6.45) is 2.09. The van der Waals surface area contributed by atoms with Crippen LogP contribution in [0.2, 0.25) is 0 Å². The molecule has 0 spiro atoms. The van der Waals surface area contributed by atoms with Crippen LogP contribution >= 0.6 is 0 Å². The first-order valence-corrected chi connectivity index (χ1v) is 9.33. The van der Waals surface area contributed by atoms with Crippen molar-refractivity contribution in [2.24, 2.45) is 11.8 Å². The molecule has 1 heterocycles. The van der Waals surface area contributed by atoms with Crippen molar-refractivity contribution in [3.8, 4) is 0 Å². The van der Waals surface area contributed by atoms with Crippen LogP contribution in [0.3, 0.4) is 0 Å². The summed E-state index contributed by atoms with van der Waals surface area (Å²) in [5.41, 5.74) is 4.26. The van der Waals surface area contributed by atoms with E-state index in [0.29, 0.717) is 11.1 Å². The molecule has 0 aliphatic carbocycles. The number of rotatable bonds is 5. The highest BCUT2D eigenvalue weighted by molar-refractivity contribution is 6.02. The molecule has 1 aromatic rings. The largest absolute Gasteiger partial charge is 0.466 e. The summed E-state index contributed by atoms with van der Waals surface area (Å²) in [7, 11) is 4.55. The summed E-state index contributed by atoms with van der Waals surface area (Å²) in [4.78, 5) is 27.5. The van der Waals surface area contributed by atoms with Crippen LogP contribution in [-0.4, -0.2) is 38.1 Å². The van der Waals surface area contributed by atoms with Gasteiger partial charge in [-0.3, -0.25) is 0 Å². The first kappa shape index (κ1) is 21.5. The number of allylic oxidation sites excluding steroid dienone is 4. The van der Waals surface area contributed by atoms with Gasteiger partial charge in [0.1, 0.15) is 0 Å². The Balaban J connectivity index is 2.87. The molecule has 150 valence electrons. The van der Waals surface area contributed by atoms with Gasteiger partial charge in [-0.2, -0.15) is 0 Å². The Morgan fingerprint density at radius 2 is 1.43 bits per heavy atom. The predicted octanol–water partition coefficient (Wildman–Crippen LogP) is 4.18. The lowest BCUT2D eigenvalue weighted by atomic mass is 9.76. The van der Waals surface area contributed by atoms with E-state index in [1.807, 2.05) is 56.1 Å². The standard InChI is InChI=1S/C23H29NO4/c1-14(2)13-18(17-11-9-8-10-12-17)21-19(22(25)27-6)15(3)24(5)16(4)20(21)23(26)28-7/h8-14,21H,1-7H3/b18-13+. The second kappa shape index (κ2) is 8.91. The molecule has 0 saturated carbocycles. The third-order valence-corrected chi connectivity index (χ3v) is 5.10. The van der Waals surface area contributed by atoms with Crippen LogP contribution in [0.25, 0.3) is 5.57 Å². The number of carbonyl (C=O) groups is 2. The Kier molecular flexibility index (Phi) is 6.84. The molecule has 1 aliphatic heterocycles. The first-order chi connectivity index (χ1) is 13.2. The second-order valence-electron chi connectivity index (χ2n) is 7.21. The highest BCUT2D eigenvalue weighted by atomic mass is 16.5. The maximum atomic E-state index is 12.8. The zero-order valence-electron chi connectivity index (χ0n) is 17.7. The molecule has 0 radical (unpaired) electrons. The van der Waals surface area contributed by atoms with Crippen molar-refractivity contribution in [3.05, 3.63) is 64.5 Å². The van der Waals surface area contributed by atoms with Gasteiger partial charge < -0.3 is 14.4 Å². The molecule has 2 rings (SSSR count). The third kappa shape index (κ3) is 4.03. The lowest BCUT2D eigenvalue weighted by Crippen LogP contribution is -2.35. The van der Waals surface area contributed by atoms with Gasteiger partial charge in [0, 0.05) is 18.4 Å². The Morgan fingerprint density at radius 1 is 0.964 bits per heavy atom. The number of hydrogen-bond donors (Lipinski definition) is 0. The highest BCUT2D eigenvalue weighted by Gasteiger charge is 2.40. The fourth-order valence-electron chi connectivity index (χ4n) is 3.59. The Hall–Kier alpha value is -2.82. The SMILES string of the molecule is COC(=O)C1=C(C)N(C)C(C)=C(C(=O)OC)C1/C(=C/C(C)C)c1ccccc1. The fourth-order valence-corrected chi connectivity index (χ4v) is 3.59. The van der Waals surface area contributed by atoms with Gasteiger partial charge in [-0.05, 0) is 30.9 Å². The van der Waals surface area contributed by atoms with Gasteiger partial charge in [0.15, 0.2) is 0 Å². The molecule has 0 N–H and O–H groups in total. The van der Waals surface area contributed by atoms with Gasteiger partial charge in [-0.1, -0.05) is 50.3 Å². The maximum Gasteiger partial charge on any atom is 0.336 e. The van der Waals surface area contributed by atoms with Gasteiger partial charge in [0.05, 0.1) is 31.3 Å². The minimum Gasteiger partial charge on any atom is -0.466 e. The van der Waals surface area contributed by atoms with E-state index in [9.17, 15) is 9.59 Å². The molecule has 5 nitrogen and oxygen atoms in total. The first-order valence-electron chi connectivity index (χ1n) is 9.33. The molecule has 0 saturated heterocycles. The average Bonchev–Trinajstić information content (AvgIpc) is 2.69. The molecular weight excluding hydrogens is 354 g/mol. The zero-order valence-corrected chi connectivity index (χ0v) is 17.7. The van der Waals surface area contributed by atoms with E-state index in [4.69, 9.17) is 9.47 Å². The highest BCUT2D eigenvalue weighted by Crippen LogP contribution is 2.43. The van der Waals surface area contributed by atoms with E-state index in [0.717, 1.165) is 22.5 Å². The summed E-state index contributed by atoms with van der Waals surface area (Å²) >= 11 is 0. The van der Waals surface area contributed by atoms with E-state index >= 15 is 0 Å². The molecule has 1 aromatic carbocycles. The van der Waals surface area contributed by atoms with Crippen LogP contribution in [0.5, 0.6) is 0 Å². The van der Waals surface area contributed by atoms with Crippen molar-refractivity contribution in [1.29, 1.82) is 0 Å². The smallest absolute Gasteiger partial charge is 0.336 e. The van der Waals surface area contributed by atoms with Gasteiger partial charge in [0.25, 0.3) is 0 Å². The van der Waals surface area contributed by atoms with Gasteiger partial charge >= 0.3 is 11.9 Å². The Labute approximate surface area is 167 Å². The topological polar surface area (TPSA) is 55.8 Å². The molecule has 0 amide bonds. The van der Waals surface area contributed by atoms with Crippen molar-refractivity contribution < 1.29 is 19.1 Å². The summed E-state index contributed by atoms with van der Waals surface area (Å²) < 4.78 is 10.2. The molecule has 0 bridgehead atoms. The minimum atomic E-state index is -0.569. The molecular formula is C23H29NO4. The minimum absolute atomic E-state index is 0.216. The Bertz CT molecular complexity index is 807. The van der Waals surface area contributed by atoms with Crippen LogP contribution in [0.15, 0.2) is 58.9 Å². The van der Waals surface area contributed by atoms with E-state index in [1.54, 1.807) is 0 Å². The molecule has 28 heavy (non-hydrogen) atoms. The number of nitrogens with zero attached hydrogens (tertiary/aromatic N) is 1. The zero-order chi connectivity index (χ0) is 21.0. The summed E-state index contributed by atoms with van der Waals surface area (Å²) in [6.45, 7) is 7.88. The van der Waals surface area contributed by atoms with Crippen LogP contribution in [-0.2, 0) is 19.1 Å². The molecule has 5 heteroatoms. The van der Waals surface area contributed by atoms with Gasteiger partial charge in [-0.25, -0.2) is 9.59 Å². The lowest BCUT2D eigenvalue weighted by molar-refractivity contribution is -0.137. The van der Waals surface area contributed by atoms with Crippen LogP contribution in [0, 0.1) is 11.8 Å². The molecule has 0 fully saturated rings. The lowest BCUT2D eigenvalue weighted by Gasteiger charge is -2.36. The number of carbonyl (C=O) groups excluding carboxylic acids is 2. The molecule has 0 unspecified atom stereocenters.